The van der Waals surface area contributed by atoms with Gasteiger partial charge in [-0.25, -0.2) is 4.98 Å². The van der Waals surface area contributed by atoms with Gasteiger partial charge in [-0.3, -0.25) is 10.00 Å². The molecule has 1 N–H and O–H groups in total. The number of hydrogen-bond donors (Lipinski definition) is 1. The summed E-state index contributed by atoms with van der Waals surface area (Å²) in [5, 5.41) is 8.77. The van der Waals surface area contributed by atoms with Gasteiger partial charge in [0.25, 0.3) is 0 Å². The van der Waals surface area contributed by atoms with Crippen molar-refractivity contribution in [3.8, 4) is 11.3 Å². The Kier molecular flexibility index (Phi) is 2.97. The summed E-state index contributed by atoms with van der Waals surface area (Å²) >= 11 is 0. The number of benzene rings is 1. The topological polar surface area (TPSA) is 48.0 Å². The van der Waals surface area contributed by atoms with Crippen molar-refractivity contribution in [2.45, 2.75) is 6.04 Å². The quantitative estimate of drug-likeness (QED) is 0.738. The number of hydrogen-bond acceptors (Lipinski definition) is 4. The average Bonchev–Trinajstić information content (AvgIpc) is 3.31. The van der Waals surface area contributed by atoms with Crippen molar-refractivity contribution in [1.82, 2.24) is 20.1 Å². The molecule has 1 unspecified atom stereocenters. The van der Waals surface area contributed by atoms with Crippen LogP contribution in [0.5, 0.6) is 0 Å². The lowest BCUT2D eigenvalue weighted by Gasteiger charge is -2.21. The summed E-state index contributed by atoms with van der Waals surface area (Å²) in [7, 11) is 2.19. The van der Waals surface area contributed by atoms with Crippen LogP contribution in [0.4, 0.5) is 5.82 Å². The molecule has 24 heavy (non-hydrogen) atoms. The maximum Gasteiger partial charge on any atom is 0.129 e. The third-order valence-corrected chi connectivity index (χ3v) is 5.18. The van der Waals surface area contributed by atoms with Crippen LogP contribution < -0.4 is 4.90 Å². The van der Waals surface area contributed by atoms with E-state index in [2.05, 4.69) is 56.3 Å². The highest BCUT2D eigenvalue weighted by Gasteiger charge is 2.34. The van der Waals surface area contributed by atoms with E-state index in [-0.39, 0.29) is 0 Å². The molecule has 0 amide bonds. The Balaban J connectivity index is 1.51. The normalized spacial score (nSPS) is 20.6. The molecular weight excluding hydrogens is 298 g/mol. The Bertz CT molecular complexity index is 942. The fourth-order valence-corrected chi connectivity index (χ4v) is 3.82. The minimum atomic E-state index is 0.543. The minimum absolute atomic E-state index is 0.543. The van der Waals surface area contributed by atoms with Gasteiger partial charge in [0.15, 0.2) is 0 Å². The van der Waals surface area contributed by atoms with Crippen molar-refractivity contribution in [2.24, 2.45) is 0 Å². The van der Waals surface area contributed by atoms with Gasteiger partial charge in [-0.15, -0.1) is 0 Å². The second-order valence-corrected chi connectivity index (χ2v) is 6.64. The lowest BCUT2D eigenvalue weighted by atomic mass is 10.1. The van der Waals surface area contributed by atoms with Gasteiger partial charge in [0.2, 0.25) is 0 Å². The van der Waals surface area contributed by atoms with E-state index in [4.69, 9.17) is 0 Å². The average molecular weight is 317 g/mol. The number of aromatic amines is 1. The first-order valence-electron chi connectivity index (χ1n) is 8.33. The number of nitrogens with one attached hydrogen (secondary N) is 1. The molecule has 4 heterocycles. The van der Waals surface area contributed by atoms with E-state index in [1.54, 1.807) is 0 Å². The summed E-state index contributed by atoms with van der Waals surface area (Å²) in [6.45, 7) is 3.06. The molecular formula is C19H19N5. The summed E-state index contributed by atoms with van der Waals surface area (Å²) < 4.78 is 0. The monoisotopic (exact) mass is 317 g/mol. The molecule has 120 valence electrons. The second kappa shape index (κ2) is 5.18. The van der Waals surface area contributed by atoms with Crippen LogP contribution in [0.1, 0.15) is 0 Å². The third kappa shape index (κ3) is 2.05. The van der Waals surface area contributed by atoms with Gasteiger partial charge in [0, 0.05) is 36.8 Å². The molecule has 3 aromatic rings. The number of nitrogens with zero attached hydrogens (tertiary/aromatic N) is 4. The van der Waals surface area contributed by atoms with E-state index >= 15 is 0 Å². The van der Waals surface area contributed by atoms with E-state index in [9.17, 15) is 0 Å². The van der Waals surface area contributed by atoms with Crippen LogP contribution in [0.2, 0.25) is 0 Å². The van der Waals surface area contributed by atoms with Crippen molar-refractivity contribution in [3.05, 3.63) is 54.2 Å². The smallest absolute Gasteiger partial charge is 0.129 e. The molecule has 1 saturated heterocycles. The Morgan fingerprint density at radius 1 is 1.21 bits per heavy atom. The maximum atomic E-state index is 4.61. The molecule has 1 fully saturated rings. The first-order valence-corrected chi connectivity index (χ1v) is 8.33. The second-order valence-electron chi connectivity index (χ2n) is 6.64. The van der Waals surface area contributed by atoms with Gasteiger partial charge >= 0.3 is 0 Å². The highest BCUT2D eigenvalue weighted by atomic mass is 15.3. The molecule has 5 rings (SSSR count). The molecule has 1 aromatic carbocycles. The summed E-state index contributed by atoms with van der Waals surface area (Å²) in [6.07, 6.45) is 4.25. The largest absolute Gasteiger partial charge is 0.351 e. The van der Waals surface area contributed by atoms with Gasteiger partial charge in [-0.05, 0) is 30.8 Å². The number of pyridine rings is 1. The van der Waals surface area contributed by atoms with E-state index in [1.165, 1.54) is 5.57 Å². The molecule has 0 bridgehead atoms. The number of para-hydroxylation sites is 1. The molecule has 0 saturated carbocycles. The van der Waals surface area contributed by atoms with Crippen molar-refractivity contribution < 1.29 is 0 Å². The number of fused-ring (bicyclic) bond motifs is 2. The lowest BCUT2D eigenvalue weighted by molar-refractivity contribution is 0.342. The number of H-pyrrole nitrogens is 1. The number of likely N-dealkylation sites (N-methyl/N-ethyl adjacent to an activating group) is 1. The predicted molar refractivity (Wildman–Crippen MR) is 96.0 cm³/mol. The van der Waals surface area contributed by atoms with E-state index in [0.717, 1.165) is 47.6 Å². The zero-order chi connectivity index (χ0) is 16.1. The molecule has 0 aliphatic carbocycles. The van der Waals surface area contributed by atoms with E-state index in [1.807, 2.05) is 24.4 Å². The van der Waals surface area contributed by atoms with Crippen molar-refractivity contribution in [1.29, 1.82) is 0 Å². The SMILES string of the molecule is CN1CC=C2CN(c3cc(-c4n[nH]c5ccccc45)ccn3)CC21. The number of anilines is 1. The Morgan fingerprint density at radius 2 is 2.12 bits per heavy atom. The van der Waals surface area contributed by atoms with E-state index in [0.29, 0.717) is 6.04 Å². The maximum absolute atomic E-state index is 4.61. The van der Waals surface area contributed by atoms with Crippen molar-refractivity contribution in [3.63, 3.8) is 0 Å². The van der Waals surface area contributed by atoms with Crippen LogP contribution in [0.3, 0.4) is 0 Å². The summed E-state index contributed by atoms with van der Waals surface area (Å²) in [5.74, 6) is 1.03. The van der Waals surface area contributed by atoms with Crippen molar-refractivity contribution >= 4 is 16.7 Å². The molecule has 2 aromatic heterocycles. The molecule has 5 heteroatoms. The van der Waals surface area contributed by atoms with Gasteiger partial charge in [-0.2, -0.15) is 5.10 Å². The highest BCUT2D eigenvalue weighted by molar-refractivity contribution is 5.93. The Labute approximate surface area is 140 Å². The molecule has 2 aliphatic rings. The molecule has 1 atom stereocenters. The fraction of sp³-hybridized carbons (Fsp3) is 0.263. The van der Waals surface area contributed by atoms with Crippen LogP contribution in [-0.2, 0) is 0 Å². The fourth-order valence-electron chi connectivity index (χ4n) is 3.82. The van der Waals surface area contributed by atoms with Crippen LogP contribution in [-0.4, -0.2) is 52.8 Å². The zero-order valence-corrected chi connectivity index (χ0v) is 13.6. The lowest BCUT2D eigenvalue weighted by Crippen LogP contribution is -2.32. The van der Waals surface area contributed by atoms with Gasteiger partial charge < -0.3 is 4.90 Å². The van der Waals surface area contributed by atoms with Crippen LogP contribution in [0, 0.1) is 0 Å². The van der Waals surface area contributed by atoms with Crippen LogP contribution in [0.25, 0.3) is 22.2 Å². The first kappa shape index (κ1) is 13.7. The van der Waals surface area contributed by atoms with Gasteiger partial charge in [0.05, 0.1) is 11.6 Å². The third-order valence-electron chi connectivity index (χ3n) is 5.18. The van der Waals surface area contributed by atoms with Gasteiger partial charge in [-0.1, -0.05) is 24.3 Å². The Hall–Kier alpha value is -2.66. The van der Waals surface area contributed by atoms with Crippen molar-refractivity contribution in [2.75, 3.05) is 31.6 Å². The van der Waals surface area contributed by atoms with Crippen LogP contribution in [0.15, 0.2) is 54.2 Å². The molecule has 2 aliphatic heterocycles. The summed E-state index contributed by atoms with van der Waals surface area (Å²) in [4.78, 5) is 9.37. The molecule has 0 radical (unpaired) electrons. The number of rotatable bonds is 2. The number of aromatic nitrogens is 3. The minimum Gasteiger partial charge on any atom is -0.351 e. The predicted octanol–water partition coefficient (Wildman–Crippen LogP) is 2.69. The first-order chi connectivity index (χ1) is 11.8. The molecule has 5 nitrogen and oxygen atoms in total. The summed E-state index contributed by atoms with van der Waals surface area (Å²) in [5.41, 5.74) is 4.69. The molecule has 0 spiro atoms. The Morgan fingerprint density at radius 3 is 3.04 bits per heavy atom. The standard InChI is InChI=1S/C19H19N5/c1-23-9-7-14-11-24(12-17(14)23)18-10-13(6-8-20-18)19-15-4-2-3-5-16(15)21-22-19/h2-8,10,17H,9,11-12H2,1H3,(H,21,22). The highest BCUT2D eigenvalue weighted by Crippen LogP contribution is 2.32. The summed E-state index contributed by atoms with van der Waals surface area (Å²) in [6, 6.07) is 13.0. The van der Waals surface area contributed by atoms with E-state index < -0.39 is 0 Å². The van der Waals surface area contributed by atoms with Gasteiger partial charge in [0.1, 0.15) is 11.5 Å². The zero-order valence-electron chi connectivity index (χ0n) is 13.6. The van der Waals surface area contributed by atoms with Crippen LogP contribution >= 0.6 is 0 Å².